The van der Waals surface area contributed by atoms with Crippen LogP contribution >= 0.6 is 0 Å². The van der Waals surface area contributed by atoms with Gasteiger partial charge in [-0.25, -0.2) is 4.98 Å². The fourth-order valence-corrected chi connectivity index (χ4v) is 1.20. The maximum Gasteiger partial charge on any atom is 0.183 e. The van der Waals surface area contributed by atoms with Gasteiger partial charge in [-0.05, 0) is 31.2 Å². The van der Waals surface area contributed by atoms with Gasteiger partial charge in [0.1, 0.15) is 11.8 Å². The van der Waals surface area contributed by atoms with Crippen molar-refractivity contribution >= 4 is 0 Å². The van der Waals surface area contributed by atoms with Crippen LogP contribution in [-0.4, -0.2) is 9.97 Å². The Balaban J connectivity index is 2.27. The Bertz CT molecular complexity index is 529. The van der Waals surface area contributed by atoms with E-state index in [4.69, 9.17) is 10.00 Å². The number of ether oxygens (including phenoxy) is 1. The van der Waals surface area contributed by atoms with Crippen LogP contribution in [0.5, 0.6) is 11.5 Å². The second kappa shape index (κ2) is 4.41. The van der Waals surface area contributed by atoms with Gasteiger partial charge in [-0.15, -0.1) is 0 Å². The Morgan fingerprint density at radius 2 is 2.12 bits per heavy atom. The van der Waals surface area contributed by atoms with E-state index in [2.05, 4.69) is 9.97 Å². The first-order chi connectivity index (χ1) is 7.79. The third-order valence-electron chi connectivity index (χ3n) is 1.99. The van der Waals surface area contributed by atoms with Crippen LogP contribution in [0.4, 0.5) is 0 Å². The number of pyridine rings is 2. The molecule has 0 saturated heterocycles. The Hall–Kier alpha value is -2.41. The average Bonchev–Trinajstić information content (AvgIpc) is 2.33. The van der Waals surface area contributed by atoms with E-state index in [0.29, 0.717) is 11.5 Å². The summed E-state index contributed by atoms with van der Waals surface area (Å²) in [5.41, 5.74) is 1.18. The molecule has 0 saturated carbocycles. The lowest BCUT2D eigenvalue weighted by Crippen LogP contribution is -1.91. The van der Waals surface area contributed by atoms with Crippen molar-refractivity contribution in [3.05, 3.63) is 48.0 Å². The minimum Gasteiger partial charge on any atom is -0.453 e. The highest BCUT2D eigenvalue weighted by Gasteiger charge is 2.04. The summed E-state index contributed by atoms with van der Waals surface area (Å²) in [6.07, 6.45) is 3.17. The van der Waals surface area contributed by atoms with Gasteiger partial charge in [-0.2, -0.15) is 5.26 Å². The zero-order valence-corrected chi connectivity index (χ0v) is 8.71. The van der Waals surface area contributed by atoms with E-state index in [0.717, 1.165) is 5.69 Å². The molecule has 4 nitrogen and oxygen atoms in total. The quantitative estimate of drug-likeness (QED) is 0.765. The molecule has 4 heteroatoms. The highest BCUT2D eigenvalue weighted by Crippen LogP contribution is 2.22. The van der Waals surface area contributed by atoms with E-state index >= 15 is 0 Å². The Morgan fingerprint density at radius 1 is 1.25 bits per heavy atom. The number of hydrogen-bond acceptors (Lipinski definition) is 4. The average molecular weight is 211 g/mol. The monoisotopic (exact) mass is 211 g/mol. The Morgan fingerprint density at radius 3 is 2.81 bits per heavy atom. The van der Waals surface area contributed by atoms with Crippen molar-refractivity contribution in [3.63, 3.8) is 0 Å². The summed E-state index contributed by atoms with van der Waals surface area (Å²) in [5, 5.41) is 8.83. The van der Waals surface area contributed by atoms with Crippen LogP contribution in [0.1, 0.15) is 11.4 Å². The van der Waals surface area contributed by atoms with Crippen molar-refractivity contribution in [2.45, 2.75) is 6.92 Å². The van der Waals surface area contributed by atoms with E-state index < -0.39 is 0 Å². The van der Waals surface area contributed by atoms with Crippen LogP contribution in [0.2, 0.25) is 0 Å². The molecular formula is C12H9N3O. The lowest BCUT2D eigenvalue weighted by Gasteiger charge is -2.05. The maximum atomic E-state index is 8.83. The number of nitrogens with zero attached hydrogens (tertiary/aromatic N) is 3. The molecule has 0 spiro atoms. The second-order valence-corrected chi connectivity index (χ2v) is 3.20. The third kappa shape index (κ3) is 2.15. The maximum absolute atomic E-state index is 8.83. The molecule has 2 rings (SSSR count). The molecule has 0 fully saturated rings. The molecule has 0 N–H and O–H groups in total. The molecular weight excluding hydrogens is 202 g/mol. The van der Waals surface area contributed by atoms with Gasteiger partial charge in [0.15, 0.2) is 11.4 Å². The summed E-state index contributed by atoms with van der Waals surface area (Å²) in [6, 6.07) is 9.04. The summed E-state index contributed by atoms with van der Waals surface area (Å²) in [4.78, 5) is 8.01. The zero-order chi connectivity index (χ0) is 11.4. The molecule has 0 aliphatic heterocycles. The highest BCUT2D eigenvalue weighted by molar-refractivity contribution is 5.39. The van der Waals surface area contributed by atoms with Crippen LogP contribution in [0.3, 0.4) is 0 Å². The topological polar surface area (TPSA) is 58.8 Å². The predicted octanol–water partition coefficient (Wildman–Crippen LogP) is 2.45. The molecule has 0 atom stereocenters. The number of rotatable bonds is 2. The molecule has 16 heavy (non-hydrogen) atoms. The first kappa shape index (κ1) is 10.1. The van der Waals surface area contributed by atoms with Crippen LogP contribution < -0.4 is 4.74 Å². The van der Waals surface area contributed by atoms with Gasteiger partial charge < -0.3 is 4.74 Å². The van der Waals surface area contributed by atoms with Crippen molar-refractivity contribution in [2.24, 2.45) is 0 Å². The van der Waals surface area contributed by atoms with Gasteiger partial charge in [0.05, 0.1) is 6.20 Å². The summed E-state index contributed by atoms with van der Waals surface area (Å²) in [5.74, 6) is 1.03. The summed E-state index contributed by atoms with van der Waals surface area (Å²) >= 11 is 0. The fraction of sp³-hybridized carbons (Fsp3) is 0.0833. The lowest BCUT2D eigenvalue weighted by molar-refractivity contribution is 0.475. The number of hydrogen-bond donors (Lipinski definition) is 0. The zero-order valence-electron chi connectivity index (χ0n) is 8.71. The number of aromatic nitrogens is 2. The predicted molar refractivity (Wildman–Crippen MR) is 58.0 cm³/mol. The van der Waals surface area contributed by atoms with E-state index in [9.17, 15) is 0 Å². The lowest BCUT2D eigenvalue weighted by atomic mass is 10.3. The van der Waals surface area contributed by atoms with E-state index in [1.807, 2.05) is 19.1 Å². The minimum atomic E-state index is 0.267. The Kier molecular flexibility index (Phi) is 2.79. The molecule has 0 bridgehead atoms. The summed E-state index contributed by atoms with van der Waals surface area (Å²) in [7, 11) is 0. The van der Waals surface area contributed by atoms with Gasteiger partial charge in [-0.1, -0.05) is 0 Å². The van der Waals surface area contributed by atoms with Gasteiger partial charge in [0, 0.05) is 11.9 Å². The van der Waals surface area contributed by atoms with E-state index in [1.165, 1.54) is 0 Å². The molecule has 2 aromatic heterocycles. The Labute approximate surface area is 93.2 Å². The molecule has 2 heterocycles. The van der Waals surface area contributed by atoms with Gasteiger partial charge >= 0.3 is 0 Å². The highest BCUT2D eigenvalue weighted by atomic mass is 16.5. The van der Waals surface area contributed by atoms with Crippen LogP contribution in [0, 0.1) is 18.3 Å². The number of nitriles is 1. The molecule has 0 radical (unpaired) electrons. The first-order valence-corrected chi connectivity index (χ1v) is 4.75. The van der Waals surface area contributed by atoms with Crippen molar-refractivity contribution in [3.8, 4) is 17.6 Å². The molecule has 78 valence electrons. The van der Waals surface area contributed by atoms with Gasteiger partial charge in [-0.3, -0.25) is 4.98 Å². The standard InChI is InChI=1S/C12H9N3O/c1-9-4-5-10(8-15-9)16-12-3-2-6-14-11(12)7-13/h2-6,8H,1H3. The van der Waals surface area contributed by atoms with Crippen LogP contribution in [0.25, 0.3) is 0 Å². The minimum absolute atomic E-state index is 0.267. The fourth-order valence-electron chi connectivity index (χ4n) is 1.20. The molecule has 0 aliphatic rings. The van der Waals surface area contributed by atoms with Crippen molar-refractivity contribution in [2.75, 3.05) is 0 Å². The normalized spacial score (nSPS) is 9.50. The molecule has 0 aromatic carbocycles. The van der Waals surface area contributed by atoms with E-state index in [1.54, 1.807) is 30.6 Å². The molecule has 2 aromatic rings. The SMILES string of the molecule is Cc1ccc(Oc2cccnc2C#N)cn1. The van der Waals surface area contributed by atoms with Crippen molar-refractivity contribution in [1.82, 2.24) is 9.97 Å². The smallest absolute Gasteiger partial charge is 0.183 e. The molecule has 0 amide bonds. The molecule has 0 aliphatic carbocycles. The largest absolute Gasteiger partial charge is 0.453 e. The van der Waals surface area contributed by atoms with Crippen molar-refractivity contribution < 1.29 is 4.74 Å². The molecule has 0 unspecified atom stereocenters. The second-order valence-electron chi connectivity index (χ2n) is 3.20. The van der Waals surface area contributed by atoms with E-state index in [-0.39, 0.29) is 5.69 Å². The third-order valence-corrected chi connectivity index (χ3v) is 1.99. The van der Waals surface area contributed by atoms with Crippen molar-refractivity contribution in [1.29, 1.82) is 5.26 Å². The van der Waals surface area contributed by atoms with Crippen LogP contribution in [-0.2, 0) is 0 Å². The summed E-state index contributed by atoms with van der Waals surface area (Å²) in [6.45, 7) is 1.90. The van der Waals surface area contributed by atoms with Crippen LogP contribution in [0.15, 0.2) is 36.7 Å². The van der Waals surface area contributed by atoms with Gasteiger partial charge in [0.25, 0.3) is 0 Å². The number of aryl methyl sites for hydroxylation is 1. The first-order valence-electron chi connectivity index (χ1n) is 4.75. The summed E-state index contributed by atoms with van der Waals surface area (Å²) < 4.78 is 5.51. The van der Waals surface area contributed by atoms with Gasteiger partial charge in [0.2, 0.25) is 0 Å².